The number of ether oxygens (including phenoxy) is 2. The van der Waals surface area contributed by atoms with E-state index in [0.717, 1.165) is 0 Å². The fourth-order valence-electron chi connectivity index (χ4n) is 5.64. The molecule has 21 heteroatoms. The van der Waals surface area contributed by atoms with Gasteiger partial charge in [-0.2, -0.15) is 0 Å². The number of nitrogens with one attached hydrogen (secondary N) is 3. The predicted octanol–water partition coefficient (Wildman–Crippen LogP) is -1.91. The van der Waals surface area contributed by atoms with Crippen molar-refractivity contribution in [3.63, 3.8) is 0 Å². The molecule has 12 bridgehead atoms. The fraction of sp³-hybridized carbons (Fsp3) is 0.500. The van der Waals surface area contributed by atoms with Crippen LogP contribution in [0.15, 0.2) is 37.5 Å². The summed E-state index contributed by atoms with van der Waals surface area (Å²) in [5.41, 5.74) is 7.97. The SMILES string of the molecule is N[C@@H]1C2COP(O)(=S)N[C@@H]3C(CO)O[C@H]([C@@H]3O)n3cnc4c(ncnc43)NC/C=C/CNc3ncnc4c3ncn4[C@H](O2)[C@@H]1O. The second kappa shape index (κ2) is 12.2. The van der Waals surface area contributed by atoms with E-state index in [9.17, 15) is 20.2 Å². The Kier molecular flexibility index (Phi) is 8.21. The molecule has 0 aliphatic carbocycles. The highest BCUT2D eigenvalue weighted by atomic mass is 32.5. The third-order valence-corrected chi connectivity index (χ3v) is 9.67. The van der Waals surface area contributed by atoms with Gasteiger partial charge >= 0.3 is 0 Å². The summed E-state index contributed by atoms with van der Waals surface area (Å²) in [6, 6.07) is -1.94. The summed E-state index contributed by atoms with van der Waals surface area (Å²) in [6.07, 6.45) is 3.14. The number of rotatable bonds is 1. The number of aliphatic hydroxyl groups excluding tert-OH is 3. The molecule has 45 heavy (non-hydrogen) atoms. The largest absolute Gasteiger partial charge is 0.394 e. The molecule has 9 atom stereocenters. The van der Waals surface area contributed by atoms with Crippen LogP contribution in [0, 0.1) is 0 Å². The number of nitrogens with zero attached hydrogens (tertiary/aromatic N) is 8. The molecule has 4 aromatic rings. The summed E-state index contributed by atoms with van der Waals surface area (Å²) in [7, 11) is 0. The first-order valence-corrected chi connectivity index (χ1v) is 16.7. The molecule has 7 heterocycles. The molecule has 9 N–H and O–H groups in total. The van der Waals surface area contributed by atoms with Crippen LogP contribution < -0.4 is 21.5 Å². The zero-order valence-corrected chi connectivity index (χ0v) is 25.1. The van der Waals surface area contributed by atoms with Crippen molar-refractivity contribution >= 4 is 52.4 Å². The molecule has 0 amide bonds. The minimum Gasteiger partial charge on any atom is -0.394 e. The second-order valence-electron chi connectivity index (χ2n) is 10.7. The number of anilines is 2. The van der Waals surface area contributed by atoms with Crippen LogP contribution in [0.4, 0.5) is 11.6 Å². The van der Waals surface area contributed by atoms with E-state index in [2.05, 4.69) is 45.6 Å². The van der Waals surface area contributed by atoms with Gasteiger partial charge in [-0.1, -0.05) is 12.2 Å². The van der Waals surface area contributed by atoms with Crippen molar-refractivity contribution in [3.8, 4) is 0 Å². The Morgan fingerprint density at radius 1 is 0.889 bits per heavy atom. The summed E-state index contributed by atoms with van der Waals surface area (Å²) in [5.74, 6) is 0.948. The van der Waals surface area contributed by atoms with Crippen LogP contribution in [0.5, 0.6) is 0 Å². The van der Waals surface area contributed by atoms with E-state index in [0.29, 0.717) is 47.1 Å². The Morgan fingerprint density at radius 3 is 2.04 bits per heavy atom. The van der Waals surface area contributed by atoms with E-state index in [-0.39, 0.29) is 6.61 Å². The number of fused-ring (bicyclic) bond motifs is 6. The zero-order chi connectivity index (χ0) is 31.3. The van der Waals surface area contributed by atoms with E-state index in [1.165, 1.54) is 29.9 Å². The summed E-state index contributed by atoms with van der Waals surface area (Å²) in [4.78, 5) is 37.2. The van der Waals surface area contributed by atoms with Gasteiger partial charge < -0.3 is 50.6 Å². The normalized spacial score (nSPS) is 35.0. The van der Waals surface area contributed by atoms with E-state index in [4.69, 9.17) is 31.5 Å². The quantitative estimate of drug-likeness (QED) is 0.0817. The topological polar surface area (TPSA) is 258 Å². The number of imidazole rings is 2. The van der Waals surface area contributed by atoms with Gasteiger partial charge in [-0.3, -0.25) is 9.13 Å². The molecular formula is C24H31N12O7PS. The van der Waals surface area contributed by atoms with Crippen LogP contribution in [0.25, 0.3) is 22.3 Å². The lowest BCUT2D eigenvalue weighted by Crippen LogP contribution is -2.45. The molecule has 3 aliphatic heterocycles. The molecule has 7 rings (SSSR count). The molecule has 2 saturated heterocycles. The van der Waals surface area contributed by atoms with Gasteiger partial charge in [0.25, 0.3) is 6.64 Å². The summed E-state index contributed by atoms with van der Waals surface area (Å²) in [6.45, 7) is -3.77. The molecule has 0 spiro atoms. The monoisotopic (exact) mass is 662 g/mol. The third kappa shape index (κ3) is 5.57. The van der Waals surface area contributed by atoms with Crippen molar-refractivity contribution in [2.24, 2.45) is 5.73 Å². The Bertz CT molecular complexity index is 1770. The predicted molar refractivity (Wildman–Crippen MR) is 161 cm³/mol. The van der Waals surface area contributed by atoms with Crippen LogP contribution in [0.1, 0.15) is 12.5 Å². The molecule has 0 aromatic carbocycles. The van der Waals surface area contributed by atoms with Gasteiger partial charge in [0.05, 0.1) is 38.0 Å². The van der Waals surface area contributed by atoms with Crippen LogP contribution in [0.2, 0.25) is 0 Å². The van der Waals surface area contributed by atoms with Gasteiger partial charge in [0.2, 0.25) is 0 Å². The Labute approximate surface area is 259 Å². The Hall–Kier alpha value is -3.27. The van der Waals surface area contributed by atoms with E-state index in [1.54, 1.807) is 4.57 Å². The summed E-state index contributed by atoms with van der Waals surface area (Å²) >= 11 is 5.35. The van der Waals surface area contributed by atoms with Crippen LogP contribution in [-0.4, -0.2) is 122 Å². The molecule has 3 aliphatic rings. The first-order valence-electron chi connectivity index (χ1n) is 14.0. The van der Waals surface area contributed by atoms with E-state index < -0.39 is 62.2 Å². The van der Waals surface area contributed by atoms with Crippen LogP contribution >= 0.6 is 6.64 Å². The first kappa shape index (κ1) is 30.4. The Balaban J connectivity index is 1.21. The lowest BCUT2D eigenvalue weighted by Gasteiger charge is -2.27. The van der Waals surface area contributed by atoms with Crippen molar-refractivity contribution in [2.75, 3.05) is 36.9 Å². The zero-order valence-electron chi connectivity index (χ0n) is 23.4. The maximum atomic E-state index is 11.3. The smallest absolute Gasteiger partial charge is 0.259 e. The van der Waals surface area contributed by atoms with Gasteiger partial charge in [-0.25, -0.2) is 35.0 Å². The second-order valence-corrected chi connectivity index (χ2v) is 13.7. The van der Waals surface area contributed by atoms with Crippen molar-refractivity contribution in [3.05, 3.63) is 37.5 Å². The van der Waals surface area contributed by atoms with Crippen molar-refractivity contribution in [1.82, 2.24) is 44.1 Å². The van der Waals surface area contributed by atoms with Crippen molar-refractivity contribution in [2.45, 2.75) is 49.0 Å². The highest BCUT2D eigenvalue weighted by molar-refractivity contribution is 8.08. The molecule has 0 radical (unpaired) electrons. The molecule has 240 valence electrons. The van der Waals surface area contributed by atoms with Crippen molar-refractivity contribution < 1.29 is 34.2 Å². The average molecular weight is 663 g/mol. The van der Waals surface area contributed by atoms with Gasteiger partial charge in [-0.15, -0.1) is 0 Å². The van der Waals surface area contributed by atoms with Crippen LogP contribution in [-0.2, 0) is 25.8 Å². The first-order chi connectivity index (χ1) is 21.8. The molecular weight excluding hydrogens is 631 g/mol. The molecule has 4 aromatic heterocycles. The van der Waals surface area contributed by atoms with Crippen LogP contribution in [0.3, 0.4) is 0 Å². The lowest BCUT2D eigenvalue weighted by atomic mass is 10.1. The molecule has 3 unspecified atom stereocenters. The number of aromatic nitrogens is 8. The average Bonchev–Trinajstić information content (AvgIpc) is 3.79. The number of nitrogens with two attached hydrogens (primary N) is 1. The van der Waals surface area contributed by atoms with Crippen molar-refractivity contribution in [1.29, 1.82) is 0 Å². The maximum absolute atomic E-state index is 11.3. The minimum absolute atomic E-state index is 0.286. The van der Waals surface area contributed by atoms with Gasteiger partial charge in [0, 0.05) is 13.1 Å². The highest BCUT2D eigenvalue weighted by Gasteiger charge is 2.48. The number of hydrogen-bond acceptors (Lipinski definition) is 16. The number of hydrogen-bond donors (Lipinski definition) is 8. The molecule has 19 nitrogen and oxygen atoms in total. The fourth-order valence-corrected chi connectivity index (χ4v) is 7.31. The minimum atomic E-state index is -3.82. The summed E-state index contributed by atoms with van der Waals surface area (Å²) in [5, 5.41) is 41.5. The van der Waals surface area contributed by atoms with Gasteiger partial charge in [-0.05, 0) is 11.8 Å². The van der Waals surface area contributed by atoms with E-state index >= 15 is 0 Å². The highest BCUT2D eigenvalue weighted by Crippen LogP contribution is 2.43. The lowest BCUT2D eigenvalue weighted by molar-refractivity contribution is -0.0490. The van der Waals surface area contributed by atoms with Gasteiger partial charge in [0.1, 0.15) is 37.1 Å². The molecule has 0 saturated carbocycles. The standard InChI is InChI=1S/C24H31N12O7PS/c25-13-12-6-41-44(40,45)34-14-11(5-37)42-24(18(14)39)36-10-33-16-20(29-8-31-22(16)36)27-4-2-1-3-26-19-15-21(30-7-28-19)35(9-32-15)23(43-12)17(13)38/h1-2,7-14,17-18,23-24,37-39H,3-6,25H2,(H,26,28,30)(H,27,29,31)(H2,34,40,45)/b2-1+/t11?,12?,13-,14-,17-,18-,23-,24-,44?/m1/s1. The third-order valence-electron chi connectivity index (χ3n) is 7.92. The number of aliphatic hydroxyl groups is 3. The molecule has 2 fully saturated rings. The Morgan fingerprint density at radius 2 is 1.47 bits per heavy atom. The summed E-state index contributed by atoms with van der Waals surface area (Å²) < 4.78 is 20.8. The van der Waals surface area contributed by atoms with E-state index in [1.807, 2.05) is 12.2 Å². The maximum Gasteiger partial charge on any atom is 0.259 e. The van der Waals surface area contributed by atoms with Gasteiger partial charge in [0.15, 0.2) is 46.4 Å².